The number of nitrogen functional groups attached to an aromatic ring is 1. The predicted molar refractivity (Wildman–Crippen MR) is 58.2 cm³/mol. The second kappa shape index (κ2) is 3.65. The molecule has 0 saturated heterocycles. The third kappa shape index (κ3) is 1.52. The lowest BCUT2D eigenvalue weighted by molar-refractivity contribution is 0.771. The number of hydrogen-bond donors (Lipinski definition) is 2. The minimum atomic E-state index is -0.0593. The molecule has 1 atom stereocenters. The second-order valence-electron chi connectivity index (χ2n) is 3.40. The zero-order chi connectivity index (χ0) is 10.1. The maximum atomic E-state index is 11.6. The van der Waals surface area contributed by atoms with E-state index in [1.165, 1.54) is 0 Å². The molecule has 0 amide bonds. The van der Waals surface area contributed by atoms with Gasteiger partial charge in [-0.25, -0.2) is 4.98 Å². The van der Waals surface area contributed by atoms with Crippen LogP contribution in [0.4, 0.5) is 5.95 Å². The number of nitrogens with one attached hydrogen (secondary N) is 1. The third-order valence-electron chi connectivity index (χ3n) is 2.35. The minimum absolute atomic E-state index is 0.0593. The molecule has 14 heavy (non-hydrogen) atoms. The van der Waals surface area contributed by atoms with E-state index in [2.05, 4.69) is 16.9 Å². The lowest BCUT2D eigenvalue weighted by atomic mass is 10.1. The molecule has 1 unspecified atom stereocenters. The van der Waals surface area contributed by atoms with Gasteiger partial charge in [0.15, 0.2) is 0 Å². The second-order valence-corrected chi connectivity index (χ2v) is 4.59. The van der Waals surface area contributed by atoms with E-state index in [4.69, 9.17) is 5.73 Å². The van der Waals surface area contributed by atoms with E-state index in [9.17, 15) is 4.79 Å². The standard InChI is InChI=1S/C9H13N3OS/c1-2-3-6-7-5(4-14-6)11-9(10)12-8(7)13/h6H,2-4H2,1H3,(H3,10,11,12,13). The minimum Gasteiger partial charge on any atom is -0.369 e. The molecule has 1 aliphatic rings. The first-order valence-corrected chi connectivity index (χ1v) is 5.77. The van der Waals surface area contributed by atoms with E-state index < -0.39 is 0 Å². The van der Waals surface area contributed by atoms with Crippen LogP contribution in [0.1, 0.15) is 36.3 Å². The van der Waals surface area contributed by atoms with Crippen molar-refractivity contribution in [1.29, 1.82) is 0 Å². The number of fused-ring (bicyclic) bond motifs is 1. The molecule has 0 bridgehead atoms. The summed E-state index contributed by atoms with van der Waals surface area (Å²) in [6.45, 7) is 2.12. The van der Waals surface area contributed by atoms with E-state index >= 15 is 0 Å². The molecule has 0 radical (unpaired) electrons. The number of anilines is 1. The van der Waals surface area contributed by atoms with Crippen LogP contribution in [0, 0.1) is 0 Å². The quantitative estimate of drug-likeness (QED) is 0.776. The van der Waals surface area contributed by atoms with Crippen molar-refractivity contribution < 1.29 is 0 Å². The molecular formula is C9H13N3OS. The monoisotopic (exact) mass is 211 g/mol. The van der Waals surface area contributed by atoms with Gasteiger partial charge in [0.05, 0.1) is 11.3 Å². The largest absolute Gasteiger partial charge is 0.369 e. The Labute approximate surface area is 86.3 Å². The molecule has 76 valence electrons. The SMILES string of the molecule is CCCC1SCc2nc(N)[nH]c(=O)c21. The fourth-order valence-corrected chi connectivity index (χ4v) is 3.13. The number of hydrogen-bond acceptors (Lipinski definition) is 4. The smallest absolute Gasteiger partial charge is 0.256 e. The lowest BCUT2D eigenvalue weighted by Crippen LogP contribution is -2.18. The van der Waals surface area contributed by atoms with E-state index in [0.717, 1.165) is 29.9 Å². The molecule has 2 heterocycles. The van der Waals surface area contributed by atoms with Crippen LogP contribution in [0.2, 0.25) is 0 Å². The van der Waals surface area contributed by atoms with Crippen molar-refractivity contribution >= 4 is 17.7 Å². The summed E-state index contributed by atoms with van der Waals surface area (Å²) in [5.74, 6) is 1.04. The zero-order valence-corrected chi connectivity index (χ0v) is 8.86. The molecule has 3 N–H and O–H groups in total. The summed E-state index contributed by atoms with van der Waals surface area (Å²) in [5.41, 5.74) is 7.12. The Bertz CT molecular complexity index is 402. The predicted octanol–water partition coefficient (Wildman–Crippen LogP) is 1.44. The highest BCUT2D eigenvalue weighted by Crippen LogP contribution is 2.41. The van der Waals surface area contributed by atoms with Gasteiger partial charge in [-0.1, -0.05) is 13.3 Å². The van der Waals surface area contributed by atoms with Crippen molar-refractivity contribution in [3.8, 4) is 0 Å². The summed E-state index contributed by atoms with van der Waals surface area (Å²) in [5, 5.41) is 0.312. The number of aromatic nitrogens is 2. The molecule has 5 heteroatoms. The Morgan fingerprint density at radius 2 is 2.50 bits per heavy atom. The van der Waals surface area contributed by atoms with Crippen LogP contribution >= 0.6 is 11.8 Å². The number of H-pyrrole nitrogens is 1. The number of nitrogens with zero attached hydrogens (tertiary/aromatic N) is 1. The van der Waals surface area contributed by atoms with Gasteiger partial charge in [-0.15, -0.1) is 11.8 Å². The van der Waals surface area contributed by atoms with E-state index in [-0.39, 0.29) is 11.5 Å². The summed E-state index contributed by atoms with van der Waals surface area (Å²) in [6, 6.07) is 0. The average Bonchev–Trinajstić information content (AvgIpc) is 2.49. The molecule has 1 aromatic heterocycles. The van der Waals surface area contributed by atoms with Gasteiger partial charge in [0.1, 0.15) is 0 Å². The van der Waals surface area contributed by atoms with Crippen molar-refractivity contribution in [2.75, 3.05) is 5.73 Å². The summed E-state index contributed by atoms with van der Waals surface area (Å²) < 4.78 is 0. The zero-order valence-electron chi connectivity index (χ0n) is 8.04. The number of thioether (sulfide) groups is 1. The summed E-state index contributed by atoms with van der Waals surface area (Å²) >= 11 is 1.78. The highest BCUT2D eigenvalue weighted by atomic mass is 32.2. The van der Waals surface area contributed by atoms with Crippen LogP contribution in [-0.2, 0) is 5.75 Å². The van der Waals surface area contributed by atoms with Crippen LogP contribution < -0.4 is 11.3 Å². The van der Waals surface area contributed by atoms with Crippen LogP contribution in [0.25, 0.3) is 0 Å². The molecule has 0 saturated carbocycles. The Balaban J connectivity index is 2.44. The topological polar surface area (TPSA) is 71.8 Å². The molecule has 1 aliphatic heterocycles. The highest BCUT2D eigenvalue weighted by Gasteiger charge is 2.26. The van der Waals surface area contributed by atoms with Crippen LogP contribution in [-0.4, -0.2) is 9.97 Å². The molecule has 1 aromatic rings. The van der Waals surface area contributed by atoms with Crippen LogP contribution in [0.3, 0.4) is 0 Å². The van der Waals surface area contributed by atoms with Gasteiger partial charge in [0, 0.05) is 11.0 Å². The fourth-order valence-electron chi connectivity index (χ4n) is 1.74. The van der Waals surface area contributed by atoms with Gasteiger partial charge >= 0.3 is 0 Å². The Kier molecular flexibility index (Phi) is 2.50. The van der Waals surface area contributed by atoms with Crippen LogP contribution in [0.5, 0.6) is 0 Å². The summed E-state index contributed by atoms with van der Waals surface area (Å²) in [6.07, 6.45) is 2.12. The van der Waals surface area contributed by atoms with Crippen molar-refractivity contribution in [3.05, 3.63) is 21.6 Å². The van der Waals surface area contributed by atoms with Gasteiger partial charge < -0.3 is 5.73 Å². The Morgan fingerprint density at radius 1 is 1.71 bits per heavy atom. The maximum Gasteiger partial charge on any atom is 0.256 e. The lowest BCUT2D eigenvalue weighted by Gasteiger charge is -2.06. The molecular weight excluding hydrogens is 198 g/mol. The van der Waals surface area contributed by atoms with Crippen LogP contribution in [0.15, 0.2) is 4.79 Å². The van der Waals surface area contributed by atoms with Gasteiger partial charge in [0.25, 0.3) is 5.56 Å². The molecule has 2 rings (SSSR count). The maximum absolute atomic E-state index is 11.6. The molecule has 4 nitrogen and oxygen atoms in total. The van der Waals surface area contributed by atoms with Gasteiger partial charge in [0.2, 0.25) is 5.95 Å². The van der Waals surface area contributed by atoms with E-state index in [1.807, 2.05) is 0 Å². The Hall–Kier alpha value is -0.970. The first-order valence-electron chi connectivity index (χ1n) is 4.72. The van der Waals surface area contributed by atoms with Crippen molar-refractivity contribution in [1.82, 2.24) is 9.97 Å². The number of aromatic amines is 1. The van der Waals surface area contributed by atoms with Gasteiger partial charge in [-0.3, -0.25) is 9.78 Å². The summed E-state index contributed by atoms with van der Waals surface area (Å²) in [4.78, 5) is 18.3. The van der Waals surface area contributed by atoms with Gasteiger partial charge in [-0.2, -0.15) is 0 Å². The summed E-state index contributed by atoms with van der Waals surface area (Å²) in [7, 11) is 0. The first-order chi connectivity index (χ1) is 6.72. The van der Waals surface area contributed by atoms with Crippen molar-refractivity contribution in [2.45, 2.75) is 30.8 Å². The van der Waals surface area contributed by atoms with E-state index in [0.29, 0.717) is 5.25 Å². The normalized spacial score (nSPS) is 19.6. The first kappa shape index (κ1) is 9.58. The number of rotatable bonds is 2. The van der Waals surface area contributed by atoms with Gasteiger partial charge in [-0.05, 0) is 6.42 Å². The average molecular weight is 211 g/mol. The van der Waals surface area contributed by atoms with Crippen molar-refractivity contribution in [3.63, 3.8) is 0 Å². The molecule has 0 aliphatic carbocycles. The molecule has 0 spiro atoms. The fraction of sp³-hybridized carbons (Fsp3) is 0.556. The highest BCUT2D eigenvalue weighted by molar-refractivity contribution is 7.99. The van der Waals surface area contributed by atoms with E-state index in [1.54, 1.807) is 11.8 Å². The Morgan fingerprint density at radius 3 is 3.21 bits per heavy atom. The number of nitrogens with two attached hydrogens (primary N) is 1. The third-order valence-corrected chi connectivity index (χ3v) is 3.66. The van der Waals surface area contributed by atoms with Crippen molar-refractivity contribution in [2.24, 2.45) is 0 Å². The molecule has 0 fully saturated rings. The molecule has 0 aromatic carbocycles.